The highest BCUT2D eigenvalue weighted by Gasteiger charge is 2.45. The van der Waals surface area contributed by atoms with Crippen molar-refractivity contribution in [3.8, 4) is 5.75 Å². The van der Waals surface area contributed by atoms with Gasteiger partial charge in [-0.3, -0.25) is 0 Å². The summed E-state index contributed by atoms with van der Waals surface area (Å²) < 4.78 is 18.9. The lowest BCUT2D eigenvalue weighted by molar-refractivity contribution is 0.0256. The Morgan fingerprint density at radius 2 is 1.96 bits per heavy atom. The molecular formula is C23H28FNO2. The van der Waals surface area contributed by atoms with E-state index in [-0.39, 0.29) is 11.7 Å². The van der Waals surface area contributed by atoms with E-state index in [0.29, 0.717) is 6.42 Å². The van der Waals surface area contributed by atoms with Crippen LogP contribution < -0.4 is 4.74 Å². The quantitative estimate of drug-likeness (QED) is 0.830. The predicted octanol–water partition coefficient (Wildman–Crippen LogP) is 4.16. The third kappa shape index (κ3) is 4.57. The van der Waals surface area contributed by atoms with E-state index in [2.05, 4.69) is 11.0 Å². The molecule has 2 aromatic rings. The van der Waals surface area contributed by atoms with E-state index in [1.807, 2.05) is 44.4 Å². The Kier molecular flexibility index (Phi) is 5.98. The highest BCUT2D eigenvalue weighted by atomic mass is 19.1. The lowest BCUT2D eigenvalue weighted by Gasteiger charge is -2.33. The Labute approximate surface area is 161 Å². The molecule has 1 N–H and O–H groups in total. The van der Waals surface area contributed by atoms with E-state index in [4.69, 9.17) is 4.74 Å². The van der Waals surface area contributed by atoms with Gasteiger partial charge in [0.15, 0.2) is 0 Å². The Balaban J connectivity index is 1.94. The van der Waals surface area contributed by atoms with Gasteiger partial charge in [-0.2, -0.15) is 0 Å². The van der Waals surface area contributed by atoms with E-state index in [9.17, 15) is 9.50 Å². The molecule has 0 spiro atoms. The van der Waals surface area contributed by atoms with Crippen LogP contribution in [-0.4, -0.2) is 43.4 Å². The minimum atomic E-state index is -0.974. The zero-order valence-electron chi connectivity index (χ0n) is 16.3. The SMILES string of the molecule is COc1ccc(/C=C2\CCC(CN(C)C)C2(O)Cc2cccc(F)c2)cc1. The molecule has 2 aromatic carbocycles. The van der Waals surface area contributed by atoms with Crippen molar-refractivity contribution < 1.29 is 14.2 Å². The normalized spacial score (nSPS) is 23.9. The van der Waals surface area contributed by atoms with Crippen LogP contribution in [-0.2, 0) is 6.42 Å². The summed E-state index contributed by atoms with van der Waals surface area (Å²) in [4.78, 5) is 2.11. The molecule has 3 nitrogen and oxygen atoms in total. The van der Waals surface area contributed by atoms with Crippen LogP contribution in [0.3, 0.4) is 0 Å². The third-order valence-corrected chi connectivity index (χ3v) is 5.40. The van der Waals surface area contributed by atoms with E-state index in [0.717, 1.165) is 41.8 Å². The van der Waals surface area contributed by atoms with Crippen LogP contribution in [0.4, 0.5) is 4.39 Å². The van der Waals surface area contributed by atoms with Crippen LogP contribution in [0.2, 0.25) is 0 Å². The molecule has 2 unspecified atom stereocenters. The molecule has 27 heavy (non-hydrogen) atoms. The molecule has 1 aliphatic rings. The van der Waals surface area contributed by atoms with Crippen LogP contribution in [0.25, 0.3) is 6.08 Å². The largest absolute Gasteiger partial charge is 0.497 e. The van der Waals surface area contributed by atoms with Gasteiger partial charge in [-0.05, 0) is 67.9 Å². The first-order chi connectivity index (χ1) is 12.9. The molecule has 4 heteroatoms. The summed E-state index contributed by atoms with van der Waals surface area (Å²) >= 11 is 0. The van der Waals surface area contributed by atoms with Crippen molar-refractivity contribution in [3.05, 3.63) is 71.0 Å². The molecule has 0 bridgehead atoms. The van der Waals surface area contributed by atoms with Crippen LogP contribution in [0.1, 0.15) is 24.0 Å². The molecule has 1 fully saturated rings. The molecule has 0 aromatic heterocycles. The standard InChI is InChI=1S/C23H28FNO2/c1-25(2)16-20-10-9-19(13-17-7-11-22(27-3)12-8-17)23(20,26)15-18-5-4-6-21(24)14-18/h4-8,11-14,20,26H,9-10,15-16H2,1-3H3/b19-13+. The maximum atomic E-state index is 13.7. The first-order valence-corrected chi connectivity index (χ1v) is 9.37. The van der Waals surface area contributed by atoms with Crippen LogP contribution in [0, 0.1) is 11.7 Å². The van der Waals surface area contributed by atoms with Gasteiger partial charge >= 0.3 is 0 Å². The number of methoxy groups -OCH3 is 1. The molecule has 1 saturated carbocycles. The summed E-state index contributed by atoms with van der Waals surface area (Å²) in [5.41, 5.74) is 1.90. The summed E-state index contributed by atoms with van der Waals surface area (Å²) in [6, 6.07) is 14.4. The Morgan fingerprint density at radius 1 is 1.22 bits per heavy atom. The summed E-state index contributed by atoms with van der Waals surface area (Å²) in [6.07, 6.45) is 4.27. The lowest BCUT2D eigenvalue weighted by atomic mass is 9.81. The highest BCUT2D eigenvalue weighted by Crippen LogP contribution is 2.44. The topological polar surface area (TPSA) is 32.7 Å². The van der Waals surface area contributed by atoms with Gasteiger partial charge < -0.3 is 14.7 Å². The van der Waals surface area contributed by atoms with Gasteiger partial charge in [-0.15, -0.1) is 0 Å². The van der Waals surface area contributed by atoms with E-state index in [1.165, 1.54) is 12.1 Å². The van der Waals surface area contributed by atoms with Gasteiger partial charge in [0.1, 0.15) is 11.6 Å². The summed E-state index contributed by atoms with van der Waals surface area (Å²) in [5.74, 6) is 0.656. The smallest absolute Gasteiger partial charge is 0.123 e. The minimum absolute atomic E-state index is 0.111. The van der Waals surface area contributed by atoms with E-state index < -0.39 is 5.60 Å². The van der Waals surface area contributed by atoms with Gasteiger partial charge in [0.25, 0.3) is 0 Å². The Morgan fingerprint density at radius 3 is 2.59 bits per heavy atom. The van der Waals surface area contributed by atoms with Gasteiger partial charge in [-0.1, -0.05) is 30.3 Å². The number of hydrogen-bond acceptors (Lipinski definition) is 3. The molecule has 0 aliphatic heterocycles. The number of benzene rings is 2. The van der Waals surface area contributed by atoms with Crippen LogP contribution in [0.5, 0.6) is 5.75 Å². The first-order valence-electron chi connectivity index (χ1n) is 9.37. The number of halogens is 1. The highest BCUT2D eigenvalue weighted by molar-refractivity contribution is 5.57. The van der Waals surface area contributed by atoms with Crippen molar-refractivity contribution in [2.45, 2.75) is 24.9 Å². The fourth-order valence-corrected chi connectivity index (χ4v) is 4.04. The fourth-order valence-electron chi connectivity index (χ4n) is 4.04. The summed E-state index contributed by atoms with van der Waals surface area (Å²) in [5, 5.41) is 11.7. The summed E-state index contributed by atoms with van der Waals surface area (Å²) in [6.45, 7) is 0.797. The molecular weight excluding hydrogens is 341 g/mol. The predicted molar refractivity (Wildman–Crippen MR) is 107 cm³/mol. The molecule has 0 heterocycles. The first kappa shape index (κ1) is 19.6. The molecule has 0 saturated heterocycles. The van der Waals surface area contributed by atoms with Crippen LogP contribution >= 0.6 is 0 Å². The zero-order valence-corrected chi connectivity index (χ0v) is 16.3. The van der Waals surface area contributed by atoms with E-state index >= 15 is 0 Å². The summed E-state index contributed by atoms with van der Waals surface area (Å²) in [7, 11) is 5.69. The number of ether oxygens (including phenoxy) is 1. The second-order valence-electron chi connectivity index (χ2n) is 7.67. The van der Waals surface area contributed by atoms with Gasteiger partial charge in [-0.25, -0.2) is 4.39 Å². The number of hydrogen-bond donors (Lipinski definition) is 1. The van der Waals surface area contributed by atoms with Crippen molar-refractivity contribution in [1.82, 2.24) is 4.90 Å². The van der Waals surface area contributed by atoms with Crippen molar-refractivity contribution in [1.29, 1.82) is 0 Å². The van der Waals surface area contributed by atoms with Crippen LogP contribution in [0.15, 0.2) is 54.1 Å². The molecule has 144 valence electrons. The molecule has 2 atom stereocenters. The average Bonchev–Trinajstić information content (AvgIpc) is 2.91. The lowest BCUT2D eigenvalue weighted by Crippen LogP contribution is -2.42. The van der Waals surface area contributed by atoms with Gasteiger partial charge in [0.2, 0.25) is 0 Å². The van der Waals surface area contributed by atoms with Crippen molar-refractivity contribution >= 4 is 6.08 Å². The van der Waals surface area contributed by atoms with Crippen molar-refractivity contribution in [2.24, 2.45) is 5.92 Å². The monoisotopic (exact) mass is 369 g/mol. The second kappa shape index (κ2) is 8.24. The van der Waals surface area contributed by atoms with Gasteiger partial charge in [0, 0.05) is 18.9 Å². The van der Waals surface area contributed by atoms with Crippen molar-refractivity contribution in [3.63, 3.8) is 0 Å². The molecule has 3 rings (SSSR count). The molecule has 0 amide bonds. The average molecular weight is 369 g/mol. The number of rotatable bonds is 6. The van der Waals surface area contributed by atoms with E-state index in [1.54, 1.807) is 13.2 Å². The number of nitrogens with zero attached hydrogens (tertiary/aromatic N) is 1. The minimum Gasteiger partial charge on any atom is -0.497 e. The third-order valence-electron chi connectivity index (χ3n) is 5.40. The molecule has 0 radical (unpaired) electrons. The number of aliphatic hydroxyl groups is 1. The fraction of sp³-hybridized carbons (Fsp3) is 0.391. The maximum Gasteiger partial charge on any atom is 0.123 e. The zero-order chi connectivity index (χ0) is 19.4. The van der Waals surface area contributed by atoms with Gasteiger partial charge in [0.05, 0.1) is 12.7 Å². The Bertz CT molecular complexity index is 800. The maximum absolute atomic E-state index is 13.7. The van der Waals surface area contributed by atoms with Crippen molar-refractivity contribution in [2.75, 3.05) is 27.7 Å². The molecule has 1 aliphatic carbocycles. The second-order valence-corrected chi connectivity index (χ2v) is 7.67. The Hall–Kier alpha value is -2.17.